The van der Waals surface area contributed by atoms with Crippen LogP contribution in [0.3, 0.4) is 0 Å². The minimum absolute atomic E-state index is 0.109. The topological polar surface area (TPSA) is 56.1 Å². The fraction of sp³-hybridized carbons (Fsp3) is 0.833. The molecule has 0 aliphatic heterocycles. The first kappa shape index (κ1) is 13.0. The Balaban J connectivity index is 2.21. The van der Waals surface area contributed by atoms with Gasteiger partial charge in [-0.2, -0.15) is 5.26 Å². The van der Waals surface area contributed by atoms with Gasteiger partial charge in [0.05, 0.1) is 6.07 Å². The quantitative estimate of drug-likeness (QED) is 0.707. The second-order valence-electron chi connectivity index (χ2n) is 4.65. The third kappa shape index (κ3) is 5.13. The lowest BCUT2D eigenvalue weighted by Crippen LogP contribution is -2.35. The van der Waals surface area contributed by atoms with E-state index >= 15 is 0 Å². The summed E-state index contributed by atoms with van der Waals surface area (Å²) in [7, 11) is 0. The summed E-state index contributed by atoms with van der Waals surface area (Å²) in [4.78, 5) is 13.7. The Morgan fingerprint density at radius 1 is 1.50 bits per heavy atom. The number of nitriles is 1. The molecular weight excluding hydrogens is 202 g/mol. The van der Waals surface area contributed by atoms with E-state index in [0.717, 1.165) is 13.1 Å². The highest BCUT2D eigenvalue weighted by atomic mass is 16.1. The minimum atomic E-state index is 0.109. The van der Waals surface area contributed by atoms with Crippen LogP contribution in [0.15, 0.2) is 0 Å². The molecule has 4 nitrogen and oxygen atoms in total. The molecule has 0 aromatic heterocycles. The molecule has 4 heteroatoms. The molecule has 90 valence electrons. The van der Waals surface area contributed by atoms with Gasteiger partial charge >= 0.3 is 0 Å². The van der Waals surface area contributed by atoms with Gasteiger partial charge in [0.1, 0.15) is 0 Å². The Morgan fingerprint density at radius 3 is 2.69 bits per heavy atom. The summed E-state index contributed by atoms with van der Waals surface area (Å²) in [5.74, 6) is 0.109. The number of carbonyl (C=O) groups excluding carboxylic acids is 1. The summed E-state index contributed by atoms with van der Waals surface area (Å²) in [5.41, 5.74) is 0. The van der Waals surface area contributed by atoms with Crippen molar-refractivity contribution in [3.63, 3.8) is 0 Å². The molecule has 0 saturated heterocycles. The summed E-state index contributed by atoms with van der Waals surface area (Å²) in [6.45, 7) is 5.51. The van der Waals surface area contributed by atoms with Gasteiger partial charge in [0.2, 0.25) is 5.91 Å². The molecule has 1 N–H and O–H groups in total. The summed E-state index contributed by atoms with van der Waals surface area (Å²) in [5, 5.41) is 11.4. The van der Waals surface area contributed by atoms with E-state index in [1.807, 2.05) is 13.8 Å². The van der Waals surface area contributed by atoms with Crippen LogP contribution >= 0.6 is 0 Å². The predicted molar refractivity (Wildman–Crippen MR) is 62.7 cm³/mol. The van der Waals surface area contributed by atoms with Gasteiger partial charge in [0, 0.05) is 38.0 Å². The average Bonchev–Trinajstić information content (AvgIpc) is 3.00. The number of nitrogens with zero attached hydrogens (tertiary/aromatic N) is 2. The lowest BCUT2D eigenvalue weighted by molar-refractivity contribution is -0.121. The maximum absolute atomic E-state index is 11.5. The Hall–Kier alpha value is -1.08. The Morgan fingerprint density at radius 2 is 2.19 bits per heavy atom. The second kappa shape index (κ2) is 6.49. The zero-order chi connectivity index (χ0) is 12.0. The summed E-state index contributed by atoms with van der Waals surface area (Å²) in [6.07, 6.45) is 3.54. The van der Waals surface area contributed by atoms with Crippen molar-refractivity contribution in [3.8, 4) is 6.07 Å². The Labute approximate surface area is 97.6 Å². The molecule has 16 heavy (non-hydrogen) atoms. The van der Waals surface area contributed by atoms with Crippen LogP contribution in [0, 0.1) is 11.3 Å². The number of rotatable bonds is 7. The molecule has 0 aromatic carbocycles. The molecule has 0 radical (unpaired) electrons. The maximum atomic E-state index is 11.5. The van der Waals surface area contributed by atoms with Gasteiger partial charge in [-0.05, 0) is 26.7 Å². The van der Waals surface area contributed by atoms with Crippen LogP contribution in [0.1, 0.15) is 39.5 Å². The van der Waals surface area contributed by atoms with E-state index in [0.29, 0.717) is 18.9 Å². The smallest absolute Gasteiger partial charge is 0.221 e. The van der Waals surface area contributed by atoms with Gasteiger partial charge in [-0.25, -0.2) is 0 Å². The number of hydrogen-bond donors (Lipinski definition) is 1. The minimum Gasteiger partial charge on any atom is -0.354 e. The number of carbonyl (C=O) groups is 1. The van der Waals surface area contributed by atoms with E-state index in [-0.39, 0.29) is 11.9 Å². The van der Waals surface area contributed by atoms with Gasteiger partial charge < -0.3 is 5.32 Å². The summed E-state index contributed by atoms with van der Waals surface area (Å²) in [6, 6.07) is 2.99. The number of amides is 1. The van der Waals surface area contributed by atoms with E-state index in [1.165, 1.54) is 12.8 Å². The number of hydrogen-bond acceptors (Lipinski definition) is 3. The number of nitrogens with one attached hydrogen (secondary N) is 1. The van der Waals surface area contributed by atoms with Gasteiger partial charge in [-0.1, -0.05) is 0 Å². The standard InChI is InChI=1S/C12H21N3O/c1-10(2)14-12(16)6-9-15(8-3-7-13)11-4-5-11/h10-11H,3-6,8-9H2,1-2H3,(H,14,16). The van der Waals surface area contributed by atoms with Crippen LogP contribution in [-0.4, -0.2) is 36.0 Å². The summed E-state index contributed by atoms with van der Waals surface area (Å²) >= 11 is 0. The molecule has 0 heterocycles. The molecule has 1 aliphatic carbocycles. The molecule has 0 aromatic rings. The second-order valence-corrected chi connectivity index (χ2v) is 4.65. The lowest BCUT2D eigenvalue weighted by atomic mass is 10.3. The van der Waals surface area contributed by atoms with Crippen LogP contribution in [0.2, 0.25) is 0 Å². The predicted octanol–water partition coefficient (Wildman–Crippen LogP) is 1.28. The molecule has 1 saturated carbocycles. The average molecular weight is 223 g/mol. The largest absolute Gasteiger partial charge is 0.354 e. The third-order valence-corrected chi connectivity index (χ3v) is 2.65. The lowest BCUT2D eigenvalue weighted by Gasteiger charge is -2.20. The molecule has 0 atom stereocenters. The van der Waals surface area contributed by atoms with Crippen molar-refractivity contribution in [3.05, 3.63) is 0 Å². The van der Waals surface area contributed by atoms with Crippen molar-refractivity contribution in [2.24, 2.45) is 0 Å². The Kier molecular flexibility index (Phi) is 5.27. The Bertz CT molecular complexity index is 266. The zero-order valence-corrected chi connectivity index (χ0v) is 10.2. The van der Waals surface area contributed by atoms with Crippen molar-refractivity contribution in [2.75, 3.05) is 13.1 Å². The van der Waals surface area contributed by atoms with Gasteiger partial charge in [-0.15, -0.1) is 0 Å². The van der Waals surface area contributed by atoms with Crippen LogP contribution in [-0.2, 0) is 4.79 Å². The highest BCUT2D eigenvalue weighted by Crippen LogP contribution is 2.26. The van der Waals surface area contributed by atoms with E-state index in [2.05, 4.69) is 16.3 Å². The fourth-order valence-corrected chi connectivity index (χ4v) is 1.75. The molecule has 1 aliphatic rings. The van der Waals surface area contributed by atoms with Crippen LogP contribution in [0.4, 0.5) is 0 Å². The van der Waals surface area contributed by atoms with Gasteiger partial charge in [-0.3, -0.25) is 9.69 Å². The first-order valence-electron chi connectivity index (χ1n) is 6.04. The molecular formula is C12H21N3O. The normalized spacial score (nSPS) is 15.2. The molecule has 1 amide bonds. The van der Waals surface area contributed by atoms with Crippen LogP contribution in [0.5, 0.6) is 0 Å². The third-order valence-electron chi connectivity index (χ3n) is 2.65. The maximum Gasteiger partial charge on any atom is 0.221 e. The SMILES string of the molecule is CC(C)NC(=O)CCN(CCC#N)C1CC1. The summed E-state index contributed by atoms with van der Waals surface area (Å²) < 4.78 is 0. The first-order valence-corrected chi connectivity index (χ1v) is 6.04. The van der Waals surface area contributed by atoms with E-state index < -0.39 is 0 Å². The van der Waals surface area contributed by atoms with Crippen molar-refractivity contribution in [1.29, 1.82) is 5.26 Å². The van der Waals surface area contributed by atoms with Crippen LogP contribution in [0.25, 0.3) is 0 Å². The van der Waals surface area contributed by atoms with Crippen molar-refractivity contribution in [1.82, 2.24) is 10.2 Å². The highest BCUT2D eigenvalue weighted by Gasteiger charge is 2.28. The van der Waals surface area contributed by atoms with E-state index in [9.17, 15) is 4.79 Å². The highest BCUT2D eigenvalue weighted by molar-refractivity contribution is 5.76. The monoisotopic (exact) mass is 223 g/mol. The molecule has 0 unspecified atom stereocenters. The molecule has 1 rings (SSSR count). The fourth-order valence-electron chi connectivity index (χ4n) is 1.75. The molecule has 1 fully saturated rings. The van der Waals surface area contributed by atoms with Crippen LogP contribution < -0.4 is 5.32 Å². The zero-order valence-electron chi connectivity index (χ0n) is 10.2. The van der Waals surface area contributed by atoms with E-state index in [4.69, 9.17) is 5.26 Å². The van der Waals surface area contributed by atoms with Gasteiger partial charge in [0.15, 0.2) is 0 Å². The van der Waals surface area contributed by atoms with Crippen molar-refractivity contribution >= 4 is 5.91 Å². The van der Waals surface area contributed by atoms with Gasteiger partial charge in [0.25, 0.3) is 0 Å². The molecule has 0 bridgehead atoms. The van der Waals surface area contributed by atoms with E-state index in [1.54, 1.807) is 0 Å². The molecule has 0 spiro atoms. The van der Waals surface area contributed by atoms with Crippen molar-refractivity contribution < 1.29 is 4.79 Å². The van der Waals surface area contributed by atoms with Crippen molar-refractivity contribution in [2.45, 2.75) is 51.6 Å². The first-order chi connectivity index (χ1) is 7.63.